The van der Waals surface area contributed by atoms with E-state index in [1.54, 1.807) is 6.07 Å². The number of nitrogens with one attached hydrogen (secondary N) is 1. The molecule has 0 aliphatic heterocycles. The number of aliphatic hydroxyl groups excluding tert-OH is 1. The monoisotopic (exact) mass is 299 g/mol. The quantitative estimate of drug-likeness (QED) is 0.810. The van der Waals surface area contributed by atoms with Gasteiger partial charge in [-0.1, -0.05) is 37.6 Å². The molecule has 2 N–H and O–H groups in total. The fourth-order valence-corrected chi connectivity index (χ4v) is 2.15. The number of hydrogen-bond acceptors (Lipinski definition) is 3. The number of halogens is 1. The molecule has 1 unspecified atom stereocenters. The zero-order chi connectivity index (χ0) is 15.2. The molecule has 0 bridgehead atoms. The number of ether oxygens (including phenoxy) is 1. The molecule has 0 aromatic heterocycles. The van der Waals surface area contributed by atoms with Gasteiger partial charge in [-0.15, -0.1) is 0 Å². The Kier molecular flexibility index (Phi) is 6.46. The van der Waals surface area contributed by atoms with E-state index in [-0.39, 0.29) is 19.1 Å². The van der Waals surface area contributed by atoms with Gasteiger partial charge in [0, 0.05) is 24.1 Å². The molecule has 5 heteroatoms. The first-order valence-electron chi connectivity index (χ1n) is 6.55. The van der Waals surface area contributed by atoms with E-state index in [9.17, 15) is 9.90 Å². The number of carbonyl (C=O) groups excluding carboxylic acids is 1. The predicted molar refractivity (Wildman–Crippen MR) is 79.8 cm³/mol. The van der Waals surface area contributed by atoms with Gasteiger partial charge in [-0.2, -0.15) is 0 Å². The topological polar surface area (TPSA) is 58.6 Å². The Morgan fingerprint density at radius 1 is 1.50 bits per heavy atom. The number of aliphatic hydroxyl groups is 1. The van der Waals surface area contributed by atoms with Crippen LogP contribution in [0, 0.1) is 5.41 Å². The Bertz CT molecular complexity index is 448. The highest BCUT2D eigenvalue weighted by molar-refractivity contribution is 6.30. The molecule has 0 heterocycles. The molecular formula is C15H22ClNO3. The van der Waals surface area contributed by atoms with E-state index >= 15 is 0 Å². The standard InChI is InChI=1S/C15H22ClNO3/c1-15(2,8-11-5-4-6-12(16)7-11)14(19)17-9-13(18)10-20-3/h4-7,13,18H,8-10H2,1-3H3,(H,17,19). The van der Waals surface area contributed by atoms with Crippen LogP contribution in [0.3, 0.4) is 0 Å². The summed E-state index contributed by atoms with van der Waals surface area (Å²) in [5.74, 6) is -0.104. The fourth-order valence-electron chi connectivity index (χ4n) is 1.94. The molecule has 4 nitrogen and oxygen atoms in total. The van der Waals surface area contributed by atoms with Crippen molar-refractivity contribution in [2.45, 2.75) is 26.4 Å². The van der Waals surface area contributed by atoms with Crippen LogP contribution in [0.5, 0.6) is 0 Å². The zero-order valence-corrected chi connectivity index (χ0v) is 12.9. The van der Waals surface area contributed by atoms with Gasteiger partial charge in [0.2, 0.25) is 5.91 Å². The van der Waals surface area contributed by atoms with Crippen molar-refractivity contribution in [3.05, 3.63) is 34.9 Å². The van der Waals surface area contributed by atoms with Crippen LogP contribution in [-0.4, -0.2) is 37.4 Å². The SMILES string of the molecule is COCC(O)CNC(=O)C(C)(C)Cc1cccc(Cl)c1. The van der Waals surface area contributed by atoms with Crippen molar-refractivity contribution in [2.75, 3.05) is 20.3 Å². The number of carbonyl (C=O) groups is 1. The van der Waals surface area contributed by atoms with E-state index in [2.05, 4.69) is 5.32 Å². The van der Waals surface area contributed by atoms with Crippen LogP contribution in [0.1, 0.15) is 19.4 Å². The molecule has 1 aromatic carbocycles. The summed E-state index contributed by atoms with van der Waals surface area (Å²) in [5, 5.41) is 12.9. The van der Waals surface area contributed by atoms with Gasteiger partial charge in [0.05, 0.1) is 12.7 Å². The van der Waals surface area contributed by atoms with Gasteiger partial charge in [0.25, 0.3) is 0 Å². The Morgan fingerprint density at radius 2 is 2.20 bits per heavy atom. The van der Waals surface area contributed by atoms with E-state index < -0.39 is 11.5 Å². The first-order valence-corrected chi connectivity index (χ1v) is 6.92. The van der Waals surface area contributed by atoms with Gasteiger partial charge in [-0.3, -0.25) is 4.79 Å². The Balaban J connectivity index is 2.56. The van der Waals surface area contributed by atoms with E-state index in [1.807, 2.05) is 32.0 Å². The van der Waals surface area contributed by atoms with Crippen molar-refractivity contribution in [1.82, 2.24) is 5.32 Å². The molecule has 0 spiro atoms. The van der Waals surface area contributed by atoms with E-state index in [0.29, 0.717) is 11.4 Å². The third-order valence-corrected chi connectivity index (χ3v) is 3.24. The van der Waals surface area contributed by atoms with Gasteiger partial charge < -0.3 is 15.2 Å². The molecule has 20 heavy (non-hydrogen) atoms. The van der Waals surface area contributed by atoms with Gasteiger partial charge in [0.1, 0.15) is 0 Å². The maximum Gasteiger partial charge on any atom is 0.226 e. The normalized spacial score (nSPS) is 13.1. The molecule has 1 atom stereocenters. The summed E-state index contributed by atoms with van der Waals surface area (Å²) in [6.45, 7) is 4.12. The average molecular weight is 300 g/mol. The lowest BCUT2D eigenvalue weighted by atomic mass is 9.85. The summed E-state index contributed by atoms with van der Waals surface area (Å²) in [6, 6.07) is 7.48. The highest BCUT2D eigenvalue weighted by atomic mass is 35.5. The molecule has 0 saturated heterocycles. The van der Waals surface area contributed by atoms with Crippen LogP contribution in [0.25, 0.3) is 0 Å². The summed E-state index contributed by atoms with van der Waals surface area (Å²) in [4.78, 5) is 12.2. The number of benzene rings is 1. The van der Waals surface area contributed by atoms with Crippen LogP contribution in [0.15, 0.2) is 24.3 Å². The molecular weight excluding hydrogens is 278 g/mol. The second-order valence-electron chi connectivity index (χ2n) is 5.51. The van der Waals surface area contributed by atoms with E-state index in [1.165, 1.54) is 7.11 Å². The van der Waals surface area contributed by atoms with Crippen molar-refractivity contribution >= 4 is 17.5 Å². The molecule has 1 aromatic rings. The lowest BCUT2D eigenvalue weighted by molar-refractivity contribution is -0.129. The molecule has 1 rings (SSSR count). The third-order valence-electron chi connectivity index (χ3n) is 3.01. The average Bonchev–Trinajstić information content (AvgIpc) is 2.35. The highest BCUT2D eigenvalue weighted by Crippen LogP contribution is 2.23. The lowest BCUT2D eigenvalue weighted by Gasteiger charge is -2.24. The fraction of sp³-hybridized carbons (Fsp3) is 0.533. The van der Waals surface area contributed by atoms with Crippen LogP contribution in [0.2, 0.25) is 5.02 Å². The largest absolute Gasteiger partial charge is 0.389 e. The van der Waals surface area contributed by atoms with Crippen LogP contribution in [0.4, 0.5) is 0 Å². The van der Waals surface area contributed by atoms with Crippen molar-refractivity contribution in [3.8, 4) is 0 Å². The first kappa shape index (κ1) is 17.0. The van der Waals surface area contributed by atoms with Crippen LogP contribution >= 0.6 is 11.6 Å². The van der Waals surface area contributed by atoms with Gasteiger partial charge >= 0.3 is 0 Å². The Morgan fingerprint density at radius 3 is 2.80 bits per heavy atom. The van der Waals surface area contributed by atoms with Crippen molar-refractivity contribution < 1.29 is 14.6 Å². The number of methoxy groups -OCH3 is 1. The minimum absolute atomic E-state index is 0.104. The van der Waals surface area contributed by atoms with E-state index in [4.69, 9.17) is 16.3 Å². The van der Waals surface area contributed by atoms with Gasteiger partial charge in [-0.05, 0) is 24.1 Å². The number of rotatable bonds is 7. The van der Waals surface area contributed by atoms with Gasteiger partial charge in [0.15, 0.2) is 0 Å². The second-order valence-corrected chi connectivity index (χ2v) is 5.95. The van der Waals surface area contributed by atoms with Crippen molar-refractivity contribution in [1.29, 1.82) is 0 Å². The van der Waals surface area contributed by atoms with Gasteiger partial charge in [-0.25, -0.2) is 0 Å². The molecule has 0 saturated carbocycles. The van der Waals surface area contributed by atoms with Crippen LogP contribution in [-0.2, 0) is 16.0 Å². The number of hydrogen-bond donors (Lipinski definition) is 2. The molecule has 0 aliphatic rings. The minimum atomic E-state index is -0.689. The second kappa shape index (κ2) is 7.62. The zero-order valence-electron chi connectivity index (χ0n) is 12.1. The summed E-state index contributed by atoms with van der Waals surface area (Å²) >= 11 is 5.94. The summed E-state index contributed by atoms with van der Waals surface area (Å²) < 4.78 is 4.81. The lowest BCUT2D eigenvalue weighted by Crippen LogP contribution is -2.42. The molecule has 0 radical (unpaired) electrons. The Labute approximate surface area is 125 Å². The van der Waals surface area contributed by atoms with Crippen molar-refractivity contribution in [2.24, 2.45) is 5.41 Å². The van der Waals surface area contributed by atoms with Crippen molar-refractivity contribution in [3.63, 3.8) is 0 Å². The Hall–Kier alpha value is -1.10. The summed E-state index contributed by atoms with van der Waals surface area (Å²) in [7, 11) is 1.51. The number of amides is 1. The molecule has 0 fully saturated rings. The molecule has 0 aliphatic carbocycles. The predicted octanol–water partition coefficient (Wildman–Crippen LogP) is 2.03. The minimum Gasteiger partial charge on any atom is -0.389 e. The first-order chi connectivity index (χ1) is 9.35. The maximum atomic E-state index is 12.2. The molecule has 112 valence electrons. The van der Waals surface area contributed by atoms with Crippen LogP contribution < -0.4 is 5.32 Å². The smallest absolute Gasteiger partial charge is 0.226 e. The maximum absolute atomic E-state index is 12.2. The third kappa shape index (κ3) is 5.49. The molecule has 1 amide bonds. The van der Waals surface area contributed by atoms with E-state index in [0.717, 1.165) is 5.56 Å². The highest BCUT2D eigenvalue weighted by Gasteiger charge is 2.28. The summed E-state index contributed by atoms with van der Waals surface area (Å²) in [5.41, 5.74) is 0.437. The summed E-state index contributed by atoms with van der Waals surface area (Å²) in [6.07, 6.45) is -0.106.